The van der Waals surface area contributed by atoms with Gasteiger partial charge in [0.2, 0.25) is 0 Å². The van der Waals surface area contributed by atoms with Crippen molar-refractivity contribution in [2.24, 2.45) is 0 Å². The Labute approximate surface area is 156 Å². The van der Waals surface area contributed by atoms with Crippen LogP contribution in [0.2, 0.25) is 0 Å². The highest BCUT2D eigenvalue weighted by molar-refractivity contribution is 7.17. The fourth-order valence-corrected chi connectivity index (χ4v) is 3.46. The number of thiophene rings is 1. The van der Waals surface area contributed by atoms with Gasteiger partial charge in [-0.3, -0.25) is 0 Å². The van der Waals surface area contributed by atoms with E-state index in [4.69, 9.17) is 9.47 Å². The van der Waals surface area contributed by atoms with Crippen molar-refractivity contribution in [2.75, 3.05) is 25.1 Å². The summed E-state index contributed by atoms with van der Waals surface area (Å²) >= 11 is 1.63. The second-order valence-corrected chi connectivity index (χ2v) is 6.59. The average molecular weight is 371 g/mol. The monoisotopic (exact) mass is 371 g/mol. The molecule has 136 valence electrons. The SMILES string of the molecule is CCOC(=O)COc1ccc(CCNc2ncnc3scc(C)c23)cc1. The summed E-state index contributed by atoms with van der Waals surface area (Å²) in [5.74, 6) is 1.17. The van der Waals surface area contributed by atoms with Crippen molar-refractivity contribution in [3.05, 3.63) is 47.1 Å². The Hall–Kier alpha value is -2.67. The van der Waals surface area contributed by atoms with Crippen molar-refractivity contribution < 1.29 is 14.3 Å². The lowest BCUT2D eigenvalue weighted by atomic mass is 10.1. The van der Waals surface area contributed by atoms with Gasteiger partial charge in [-0.25, -0.2) is 14.8 Å². The summed E-state index contributed by atoms with van der Waals surface area (Å²) in [6.45, 7) is 4.90. The van der Waals surface area contributed by atoms with Crippen LogP contribution in [-0.2, 0) is 16.0 Å². The molecule has 3 aromatic rings. The van der Waals surface area contributed by atoms with Gasteiger partial charge in [0.25, 0.3) is 0 Å². The number of carbonyl (C=O) groups is 1. The van der Waals surface area contributed by atoms with Crippen LogP contribution in [0, 0.1) is 6.92 Å². The maximum absolute atomic E-state index is 11.3. The molecule has 0 aliphatic rings. The third-order valence-corrected chi connectivity index (χ3v) is 4.85. The van der Waals surface area contributed by atoms with Gasteiger partial charge in [0, 0.05) is 6.54 Å². The Bertz CT molecular complexity index is 877. The van der Waals surface area contributed by atoms with E-state index in [1.807, 2.05) is 24.3 Å². The van der Waals surface area contributed by atoms with Gasteiger partial charge in [-0.2, -0.15) is 0 Å². The van der Waals surface area contributed by atoms with Crippen molar-refractivity contribution in [1.29, 1.82) is 0 Å². The number of ether oxygens (including phenoxy) is 2. The number of hydrogen-bond donors (Lipinski definition) is 1. The number of nitrogens with zero attached hydrogens (tertiary/aromatic N) is 2. The van der Waals surface area contributed by atoms with Crippen LogP contribution >= 0.6 is 11.3 Å². The zero-order valence-corrected chi connectivity index (χ0v) is 15.6. The molecule has 6 nitrogen and oxygen atoms in total. The van der Waals surface area contributed by atoms with Crippen molar-refractivity contribution >= 4 is 33.3 Å². The minimum absolute atomic E-state index is 0.0710. The normalized spacial score (nSPS) is 10.7. The molecule has 0 unspecified atom stereocenters. The van der Waals surface area contributed by atoms with Gasteiger partial charge in [0.05, 0.1) is 12.0 Å². The fraction of sp³-hybridized carbons (Fsp3) is 0.316. The van der Waals surface area contributed by atoms with E-state index in [0.717, 1.165) is 29.0 Å². The second kappa shape index (κ2) is 8.62. The number of esters is 1. The molecule has 0 aliphatic carbocycles. The van der Waals surface area contributed by atoms with E-state index < -0.39 is 0 Å². The third kappa shape index (κ3) is 4.49. The molecule has 26 heavy (non-hydrogen) atoms. The average Bonchev–Trinajstić information content (AvgIpc) is 3.03. The van der Waals surface area contributed by atoms with E-state index in [1.165, 1.54) is 11.1 Å². The standard InChI is InChI=1S/C19H21N3O3S/c1-3-24-16(23)10-25-15-6-4-14(5-7-15)8-9-20-18-17-13(2)11-26-19(17)22-12-21-18/h4-7,11-12H,3,8-10H2,1-2H3,(H,20,21,22). The van der Waals surface area contributed by atoms with Crippen molar-refractivity contribution in [3.63, 3.8) is 0 Å². The van der Waals surface area contributed by atoms with E-state index in [2.05, 4.69) is 27.6 Å². The number of aromatic nitrogens is 2. The molecule has 1 N–H and O–H groups in total. The third-order valence-electron chi connectivity index (χ3n) is 3.85. The van der Waals surface area contributed by atoms with Gasteiger partial charge in [-0.1, -0.05) is 12.1 Å². The highest BCUT2D eigenvalue weighted by Gasteiger charge is 2.08. The van der Waals surface area contributed by atoms with Gasteiger partial charge in [0.1, 0.15) is 22.7 Å². The number of hydrogen-bond acceptors (Lipinski definition) is 7. The first-order chi connectivity index (χ1) is 12.7. The summed E-state index contributed by atoms with van der Waals surface area (Å²) in [7, 11) is 0. The molecule has 0 fully saturated rings. The van der Waals surface area contributed by atoms with E-state index >= 15 is 0 Å². The van der Waals surface area contributed by atoms with Crippen LogP contribution < -0.4 is 10.1 Å². The van der Waals surface area contributed by atoms with Crippen molar-refractivity contribution in [1.82, 2.24) is 9.97 Å². The molecule has 2 aromatic heterocycles. The number of aryl methyl sites for hydroxylation is 1. The largest absolute Gasteiger partial charge is 0.482 e. The van der Waals surface area contributed by atoms with E-state index in [1.54, 1.807) is 24.6 Å². The zero-order valence-electron chi connectivity index (χ0n) is 14.8. The topological polar surface area (TPSA) is 73.3 Å². The number of nitrogens with one attached hydrogen (secondary N) is 1. The van der Waals surface area contributed by atoms with Crippen LogP contribution in [0.5, 0.6) is 5.75 Å². The van der Waals surface area contributed by atoms with E-state index in [0.29, 0.717) is 12.4 Å². The number of carbonyl (C=O) groups excluding carboxylic acids is 1. The quantitative estimate of drug-likeness (QED) is 0.610. The lowest BCUT2D eigenvalue weighted by Gasteiger charge is -2.09. The van der Waals surface area contributed by atoms with Gasteiger partial charge in [-0.05, 0) is 48.9 Å². The number of benzene rings is 1. The van der Waals surface area contributed by atoms with Crippen LogP contribution in [-0.4, -0.2) is 35.7 Å². The number of rotatable bonds is 8. The minimum Gasteiger partial charge on any atom is -0.482 e. The van der Waals surface area contributed by atoms with Crippen LogP contribution in [0.15, 0.2) is 36.0 Å². The van der Waals surface area contributed by atoms with Crippen LogP contribution in [0.3, 0.4) is 0 Å². The summed E-state index contributed by atoms with van der Waals surface area (Å²) in [6.07, 6.45) is 2.45. The Balaban J connectivity index is 1.52. The molecule has 0 atom stereocenters. The van der Waals surface area contributed by atoms with Gasteiger partial charge in [0.15, 0.2) is 6.61 Å². The molecule has 3 rings (SSSR count). The molecule has 0 spiro atoms. The molecule has 2 heterocycles. The van der Waals surface area contributed by atoms with Crippen LogP contribution in [0.25, 0.3) is 10.2 Å². The lowest BCUT2D eigenvalue weighted by molar-refractivity contribution is -0.145. The highest BCUT2D eigenvalue weighted by atomic mass is 32.1. The molecular weight excluding hydrogens is 350 g/mol. The Morgan fingerprint density at radius 3 is 2.81 bits per heavy atom. The Morgan fingerprint density at radius 2 is 2.04 bits per heavy atom. The first-order valence-electron chi connectivity index (χ1n) is 8.47. The number of fused-ring (bicyclic) bond motifs is 1. The van der Waals surface area contributed by atoms with Crippen LogP contribution in [0.1, 0.15) is 18.1 Å². The molecule has 0 saturated carbocycles. The predicted octanol–water partition coefficient (Wildman–Crippen LogP) is 3.60. The molecule has 0 aliphatic heterocycles. The summed E-state index contributed by atoms with van der Waals surface area (Å²) in [5, 5.41) is 6.59. The molecule has 7 heteroatoms. The van der Waals surface area contributed by atoms with Gasteiger partial charge >= 0.3 is 5.97 Å². The Kier molecular flexibility index (Phi) is 6.01. The van der Waals surface area contributed by atoms with Crippen molar-refractivity contribution in [3.8, 4) is 5.75 Å². The minimum atomic E-state index is -0.360. The molecule has 0 saturated heterocycles. The maximum atomic E-state index is 11.3. The first kappa shape index (κ1) is 18.1. The van der Waals surface area contributed by atoms with Gasteiger partial charge in [-0.15, -0.1) is 11.3 Å². The smallest absolute Gasteiger partial charge is 0.344 e. The van der Waals surface area contributed by atoms with Gasteiger partial charge < -0.3 is 14.8 Å². The van der Waals surface area contributed by atoms with E-state index in [9.17, 15) is 4.79 Å². The summed E-state index contributed by atoms with van der Waals surface area (Å²) < 4.78 is 10.2. The summed E-state index contributed by atoms with van der Waals surface area (Å²) in [6, 6.07) is 7.71. The fourth-order valence-electron chi connectivity index (χ4n) is 2.57. The van der Waals surface area contributed by atoms with Crippen LogP contribution in [0.4, 0.5) is 5.82 Å². The highest BCUT2D eigenvalue weighted by Crippen LogP contribution is 2.28. The maximum Gasteiger partial charge on any atom is 0.344 e. The zero-order chi connectivity index (χ0) is 18.4. The number of anilines is 1. The molecule has 0 bridgehead atoms. The first-order valence-corrected chi connectivity index (χ1v) is 9.35. The summed E-state index contributed by atoms with van der Waals surface area (Å²) in [5.41, 5.74) is 2.37. The molecule has 1 aromatic carbocycles. The molecule has 0 radical (unpaired) electrons. The molecular formula is C19H21N3O3S. The molecule has 0 amide bonds. The second-order valence-electron chi connectivity index (χ2n) is 5.74. The summed E-state index contributed by atoms with van der Waals surface area (Å²) in [4.78, 5) is 21.0. The predicted molar refractivity (Wildman–Crippen MR) is 103 cm³/mol. The Morgan fingerprint density at radius 1 is 1.23 bits per heavy atom. The lowest BCUT2D eigenvalue weighted by Crippen LogP contribution is -2.14. The van der Waals surface area contributed by atoms with Crippen molar-refractivity contribution in [2.45, 2.75) is 20.3 Å². The van der Waals surface area contributed by atoms with E-state index in [-0.39, 0.29) is 12.6 Å².